The molecule has 0 saturated carbocycles. The van der Waals surface area contributed by atoms with Crippen LogP contribution in [0.2, 0.25) is 0 Å². The third kappa shape index (κ3) is 3.68. The molecule has 1 spiro atoms. The molecule has 2 saturated heterocycles. The van der Waals surface area contributed by atoms with E-state index >= 15 is 0 Å². The molecule has 1 unspecified atom stereocenters. The molecule has 1 aromatic heterocycles. The Morgan fingerprint density at radius 1 is 1.32 bits per heavy atom. The molecule has 2 aliphatic heterocycles. The highest BCUT2D eigenvalue weighted by Crippen LogP contribution is 2.37. The molecule has 25 heavy (non-hydrogen) atoms. The highest BCUT2D eigenvalue weighted by Gasteiger charge is 2.48. The van der Waals surface area contributed by atoms with Gasteiger partial charge in [-0.2, -0.15) is 0 Å². The summed E-state index contributed by atoms with van der Waals surface area (Å²) in [5, 5.41) is 3.27. The summed E-state index contributed by atoms with van der Waals surface area (Å²) < 4.78 is 6.18. The van der Waals surface area contributed by atoms with Gasteiger partial charge in [-0.25, -0.2) is 9.97 Å². The summed E-state index contributed by atoms with van der Waals surface area (Å²) in [7, 11) is 0. The van der Waals surface area contributed by atoms with E-state index in [-0.39, 0.29) is 11.5 Å². The molecule has 4 rings (SSSR count). The lowest BCUT2D eigenvalue weighted by Crippen LogP contribution is -2.66. The van der Waals surface area contributed by atoms with Gasteiger partial charge >= 0.3 is 0 Å². The van der Waals surface area contributed by atoms with Crippen molar-refractivity contribution in [2.24, 2.45) is 5.92 Å². The van der Waals surface area contributed by atoms with E-state index in [0.717, 1.165) is 63.9 Å². The second-order valence-corrected chi connectivity index (χ2v) is 7.49. The smallest absolute Gasteiger partial charge is 0.249 e. The van der Waals surface area contributed by atoms with Gasteiger partial charge in [0, 0.05) is 24.5 Å². The Bertz CT molecular complexity index is 630. The Labute approximate surface area is 148 Å². The summed E-state index contributed by atoms with van der Waals surface area (Å²) in [6.07, 6.45) is 12.1. The number of amides is 1. The van der Waals surface area contributed by atoms with Crippen LogP contribution < -0.4 is 5.32 Å². The van der Waals surface area contributed by atoms with E-state index in [9.17, 15) is 4.79 Å². The van der Waals surface area contributed by atoms with Crippen LogP contribution in [0.5, 0.6) is 0 Å². The normalized spacial score (nSPS) is 25.2. The first-order valence-electron chi connectivity index (χ1n) is 9.37. The molecule has 1 aromatic rings. The van der Waals surface area contributed by atoms with Crippen molar-refractivity contribution >= 4 is 11.9 Å². The van der Waals surface area contributed by atoms with E-state index in [2.05, 4.69) is 21.4 Å². The zero-order valence-electron chi connectivity index (χ0n) is 14.6. The second-order valence-electron chi connectivity index (χ2n) is 7.49. The number of aromatic nitrogens is 2. The van der Waals surface area contributed by atoms with Crippen LogP contribution in [0.3, 0.4) is 0 Å². The van der Waals surface area contributed by atoms with Gasteiger partial charge in [0.05, 0.1) is 19.7 Å². The van der Waals surface area contributed by atoms with E-state index in [1.54, 1.807) is 12.4 Å². The maximum atomic E-state index is 12.5. The SMILES string of the molecule is O=C(C1=CCCCC1)N1CC2(CCC(CNc3ncccn3)CO2)C1. The van der Waals surface area contributed by atoms with Crippen LogP contribution in [0, 0.1) is 5.92 Å². The van der Waals surface area contributed by atoms with Gasteiger partial charge in [0.15, 0.2) is 0 Å². The molecule has 6 heteroatoms. The van der Waals surface area contributed by atoms with Gasteiger partial charge in [-0.1, -0.05) is 6.08 Å². The number of rotatable bonds is 4. The molecule has 0 aromatic carbocycles. The summed E-state index contributed by atoms with van der Waals surface area (Å²) in [5.41, 5.74) is 0.923. The lowest BCUT2D eigenvalue weighted by Gasteiger charge is -2.53. The number of allylic oxidation sites excluding steroid dienone is 1. The van der Waals surface area contributed by atoms with E-state index in [4.69, 9.17) is 4.74 Å². The number of likely N-dealkylation sites (tertiary alicyclic amines) is 1. The Morgan fingerprint density at radius 3 is 2.84 bits per heavy atom. The largest absolute Gasteiger partial charge is 0.371 e. The van der Waals surface area contributed by atoms with Crippen molar-refractivity contribution in [2.75, 3.05) is 31.6 Å². The molecule has 1 amide bonds. The van der Waals surface area contributed by atoms with Crippen LogP contribution in [0.15, 0.2) is 30.1 Å². The first kappa shape index (κ1) is 16.5. The van der Waals surface area contributed by atoms with Crippen molar-refractivity contribution in [3.63, 3.8) is 0 Å². The summed E-state index contributed by atoms with van der Waals surface area (Å²) >= 11 is 0. The van der Waals surface area contributed by atoms with Crippen molar-refractivity contribution in [3.8, 4) is 0 Å². The van der Waals surface area contributed by atoms with Crippen LogP contribution in [-0.2, 0) is 9.53 Å². The molecular formula is C19H26N4O2. The monoisotopic (exact) mass is 342 g/mol. The third-order valence-corrected chi connectivity index (χ3v) is 5.56. The topological polar surface area (TPSA) is 67.4 Å². The Kier molecular flexibility index (Phi) is 4.70. The number of ether oxygens (including phenoxy) is 1. The van der Waals surface area contributed by atoms with Crippen molar-refractivity contribution < 1.29 is 9.53 Å². The zero-order chi connectivity index (χ0) is 17.1. The molecule has 0 radical (unpaired) electrons. The molecule has 1 aliphatic carbocycles. The summed E-state index contributed by atoms with van der Waals surface area (Å²) in [4.78, 5) is 22.8. The van der Waals surface area contributed by atoms with Gasteiger partial charge < -0.3 is 15.0 Å². The maximum Gasteiger partial charge on any atom is 0.249 e. The third-order valence-electron chi connectivity index (χ3n) is 5.56. The number of nitrogens with one attached hydrogen (secondary N) is 1. The van der Waals surface area contributed by atoms with E-state index in [0.29, 0.717) is 11.9 Å². The van der Waals surface area contributed by atoms with Gasteiger partial charge in [-0.05, 0) is 50.5 Å². The summed E-state index contributed by atoms with van der Waals surface area (Å²) in [5.74, 6) is 1.38. The quantitative estimate of drug-likeness (QED) is 0.910. The first-order chi connectivity index (χ1) is 12.2. The molecule has 3 aliphatic rings. The zero-order valence-corrected chi connectivity index (χ0v) is 14.6. The lowest BCUT2D eigenvalue weighted by atomic mass is 9.82. The molecule has 6 nitrogen and oxygen atoms in total. The molecule has 2 fully saturated rings. The minimum absolute atomic E-state index is 0.0926. The Morgan fingerprint density at radius 2 is 2.16 bits per heavy atom. The van der Waals surface area contributed by atoms with Gasteiger partial charge in [-0.3, -0.25) is 4.79 Å². The predicted molar refractivity (Wildman–Crippen MR) is 95.1 cm³/mol. The Hall–Kier alpha value is -1.95. The van der Waals surface area contributed by atoms with Crippen LogP contribution >= 0.6 is 0 Å². The van der Waals surface area contributed by atoms with Crippen LogP contribution in [-0.4, -0.2) is 52.6 Å². The molecule has 0 bridgehead atoms. The average Bonchev–Trinajstić information content (AvgIpc) is 2.66. The van der Waals surface area contributed by atoms with Crippen molar-refractivity contribution in [2.45, 2.75) is 44.1 Å². The molecule has 1 atom stereocenters. The minimum Gasteiger partial charge on any atom is -0.371 e. The fraction of sp³-hybridized carbons (Fsp3) is 0.632. The number of carbonyl (C=O) groups is 1. The van der Waals surface area contributed by atoms with Crippen molar-refractivity contribution in [1.29, 1.82) is 0 Å². The predicted octanol–water partition coefficient (Wildman–Crippen LogP) is 2.40. The van der Waals surface area contributed by atoms with Gasteiger partial charge in [0.2, 0.25) is 11.9 Å². The maximum absolute atomic E-state index is 12.5. The molecule has 134 valence electrons. The van der Waals surface area contributed by atoms with Crippen LogP contribution in [0.25, 0.3) is 0 Å². The van der Waals surface area contributed by atoms with Crippen molar-refractivity contribution in [1.82, 2.24) is 14.9 Å². The van der Waals surface area contributed by atoms with E-state index < -0.39 is 0 Å². The van der Waals surface area contributed by atoms with Crippen molar-refractivity contribution in [3.05, 3.63) is 30.1 Å². The standard InChI is InChI=1S/C19H26N4O2/c24-17(16-5-2-1-3-6-16)23-13-19(14-23)8-7-15(12-25-19)11-22-18-20-9-4-10-21-18/h4-5,9-10,15H,1-3,6-8,11-14H2,(H,20,21,22). The van der Waals surface area contributed by atoms with E-state index in [1.165, 1.54) is 6.42 Å². The number of hydrogen-bond acceptors (Lipinski definition) is 5. The highest BCUT2D eigenvalue weighted by atomic mass is 16.5. The number of carbonyl (C=O) groups excluding carboxylic acids is 1. The molecule has 1 N–H and O–H groups in total. The van der Waals surface area contributed by atoms with Gasteiger partial charge in [0.1, 0.15) is 5.60 Å². The van der Waals surface area contributed by atoms with Crippen LogP contribution in [0.4, 0.5) is 5.95 Å². The fourth-order valence-electron chi connectivity index (χ4n) is 3.98. The first-order valence-corrected chi connectivity index (χ1v) is 9.37. The fourth-order valence-corrected chi connectivity index (χ4v) is 3.98. The summed E-state index contributed by atoms with van der Waals surface area (Å²) in [6.45, 7) is 3.08. The van der Waals surface area contributed by atoms with Gasteiger partial charge in [0.25, 0.3) is 0 Å². The lowest BCUT2D eigenvalue weighted by molar-refractivity contribution is -0.185. The molecular weight excluding hydrogens is 316 g/mol. The van der Waals surface area contributed by atoms with E-state index in [1.807, 2.05) is 11.0 Å². The Balaban J connectivity index is 1.22. The van der Waals surface area contributed by atoms with Gasteiger partial charge in [-0.15, -0.1) is 0 Å². The number of anilines is 1. The summed E-state index contributed by atoms with van der Waals surface area (Å²) in [6, 6.07) is 1.81. The number of nitrogens with zero attached hydrogens (tertiary/aromatic N) is 3. The highest BCUT2D eigenvalue weighted by molar-refractivity contribution is 5.94. The average molecular weight is 342 g/mol. The molecule has 3 heterocycles. The van der Waals surface area contributed by atoms with Crippen LogP contribution in [0.1, 0.15) is 38.5 Å². The minimum atomic E-state index is -0.0926. The number of hydrogen-bond donors (Lipinski definition) is 1. The second kappa shape index (κ2) is 7.12.